The second kappa shape index (κ2) is 5.20. The molecule has 1 aromatic carbocycles. The maximum absolute atomic E-state index is 12.8. The van der Waals surface area contributed by atoms with E-state index >= 15 is 0 Å². The predicted octanol–water partition coefficient (Wildman–Crippen LogP) is 0.914. The lowest BCUT2D eigenvalue weighted by Gasteiger charge is -2.40. The van der Waals surface area contributed by atoms with E-state index in [1.165, 1.54) is 4.90 Å². The van der Waals surface area contributed by atoms with Crippen LogP contribution in [-0.2, 0) is 9.59 Å². The molecule has 0 unspecified atom stereocenters. The Labute approximate surface area is 123 Å². The molecule has 0 bridgehead atoms. The summed E-state index contributed by atoms with van der Waals surface area (Å²) in [6.45, 7) is 5.01. The molecule has 0 radical (unpaired) electrons. The first-order chi connectivity index (χ1) is 9.77. The number of nitrogens with one attached hydrogen (secondary N) is 2. The van der Waals surface area contributed by atoms with Crippen LogP contribution < -0.4 is 10.6 Å². The molecule has 1 saturated heterocycles. The monoisotopic (exact) mass is 289 g/mol. The molecule has 0 saturated carbocycles. The van der Waals surface area contributed by atoms with Gasteiger partial charge in [0.2, 0.25) is 5.91 Å². The molecular formula is C15H19N3O3. The van der Waals surface area contributed by atoms with Crippen LogP contribution in [0.25, 0.3) is 0 Å². The number of hydrogen-bond donors (Lipinski definition) is 2. The number of piperazine rings is 1. The largest absolute Gasteiger partial charge is 0.387 e. The van der Waals surface area contributed by atoms with Crippen molar-refractivity contribution < 1.29 is 14.4 Å². The van der Waals surface area contributed by atoms with E-state index in [2.05, 4.69) is 10.6 Å². The zero-order valence-electron chi connectivity index (χ0n) is 12.6. The lowest BCUT2D eigenvalue weighted by Crippen LogP contribution is -2.65. The highest BCUT2D eigenvalue weighted by Crippen LogP contribution is 2.25. The van der Waals surface area contributed by atoms with E-state index in [1.54, 1.807) is 33.0 Å². The summed E-state index contributed by atoms with van der Waals surface area (Å²) in [6, 6.07) is 5.45. The molecule has 1 heterocycles. The van der Waals surface area contributed by atoms with Crippen molar-refractivity contribution in [3.8, 4) is 0 Å². The van der Waals surface area contributed by atoms with Crippen molar-refractivity contribution >= 4 is 23.4 Å². The van der Waals surface area contributed by atoms with Crippen LogP contribution in [0.2, 0.25) is 0 Å². The molecule has 1 aromatic rings. The number of nitrogens with zero attached hydrogens (tertiary/aromatic N) is 1. The zero-order chi connectivity index (χ0) is 15.8. The molecule has 2 N–H and O–H groups in total. The van der Waals surface area contributed by atoms with Crippen molar-refractivity contribution in [2.24, 2.45) is 0 Å². The van der Waals surface area contributed by atoms with Gasteiger partial charge in [0.1, 0.15) is 12.1 Å². The Balaban J connectivity index is 2.45. The SMILES string of the molecule is CNc1ccc(C)cc1C(=O)N1CC(=O)NC(=O)C1(C)C. The van der Waals surface area contributed by atoms with E-state index in [9.17, 15) is 14.4 Å². The summed E-state index contributed by atoms with van der Waals surface area (Å²) >= 11 is 0. The van der Waals surface area contributed by atoms with Gasteiger partial charge in [0.25, 0.3) is 11.8 Å². The quantitative estimate of drug-likeness (QED) is 0.793. The van der Waals surface area contributed by atoms with Crippen molar-refractivity contribution in [3.05, 3.63) is 29.3 Å². The third kappa shape index (κ3) is 2.61. The van der Waals surface area contributed by atoms with Crippen LogP contribution in [0.4, 0.5) is 5.69 Å². The molecule has 0 atom stereocenters. The summed E-state index contributed by atoms with van der Waals surface area (Å²) in [5, 5.41) is 5.22. The van der Waals surface area contributed by atoms with Crippen LogP contribution in [0, 0.1) is 6.92 Å². The van der Waals surface area contributed by atoms with Crippen molar-refractivity contribution in [1.82, 2.24) is 10.2 Å². The number of carbonyl (C=O) groups excluding carboxylic acids is 3. The molecule has 6 heteroatoms. The van der Waals surface area contributed by atoms with Gasteiger partial charge in [-0.05, 0) is 32.9 Å². The molecule has 112 valence electrons. The maximum Gasteiger partial charge on any atom is 0.257 e. The van der Waals surface area contributed by atoms with E-state index in [0.29, 0.717) is 11.3 Å². The minimum atomic E-state index is -1.07. The Hall–Kier alpha value is -2.37. The molecule has 1 fully saturated rings. The third-order valence-corrected chi connectivity index (χ3v) is 3.71. The van der Waals surface area contributed by atoms with Crippen LogP contribution in [0.5, 0.6) is 0 Å². The lowest BCUT2D eigenvalue weighted by molar-refractivity contribution is -0.143. The number of rotatable bonds is 2. The summed E-state index contributed by atoms with van der Waals surface area (Å²) in [5.41, 5.74) is 0.982. The van der Waals surface area contributed by atoms with Gasteiger partial charge in [0.05, 0.1) is 5.56 Å². The number of amides is 3. The fraction of sp³-hybridized carbons (Fsp3) is 0.400. The second-order valence-electron chi connectivity index (χ2n) is 5.63. The number of aryl methyl sites for hydroxylation is 1. The van der Waals surface area contributed by atoms with Crippen molar-refractivity contribution in [2.45, 2.75) is 26.3 Å². The van der Waals surface area contributed by atoms with Gasteiger partial charge in [-0.3, -0.25) is 19.7 Å². The normalized spacial score (nSPS) is 17.4. The smallest absolute Gasteiger partial charge is 0.257 e. The van der Waals surface area contributed by atoms with E-state index in [4.69, 9.17) is 0 Å². The Morgan fingerprint density at radius 2 is 2.00 bits per heavy atom. The third-order valence-electron chi connectivity index (χ3n) is 3.71. The number of hydrogen-bond acceptors (Lipinski definition) is 4. The molecule has 3 amide bonds. The van der Waals surface area contributed by atoms with Gasteiger partial charge in [-0.15, -0.1) is 0 Å². The topological polar surface area (TPSA) is 78.5 Å². The van der Waals surface area contributed by atoms with Gasteiger partial charge in [-0.1, -0.05) is 11.6 Å². The minimum Gasteiger partial charge on any atom is -0.387 e. The Morgan fingerprint density at radius 1 is 1.33 bits per heavy atom. The van der Waals surface area contributed by atoms with Gasteiger partial charge in [0.15, 0.2) is 0 Å². The molecule has 1 aliphatic heterocycles. The van der Waals surface area contributed by atoms with Crippen LogP contribution in [0.15, 0.2) is 18.2 Å². The van der Waals surface area contributed by atoms with E-state index in [-0.39, 0.29) is 12.5 Å². The summed E-state index contributed by atoms with van der Waals surface area (Å²) < 4.78 is 0. The number of benzene rings is 1. The lowest BCUT2D eigenvalue weighted by atomic mass is 9.96. The van der Waals surface area contributed by atoms with E-state index in [1.807, 2.05) is 13.0 Å². The number of carbonyl (C=O) groups is 3. The van der Waals surface area contributed by atoms with Crippen molar-refractivity contribution in [2.75, 3.05) is 18.9 Å². The first-order valence-corrected chi connectivity index (χ1v) is 6.72. The molecule has 21 heavy (non-hydrogen) atoms. The van der Waals surface area contributed by atoms with E-state index < -0.39 is 17.4 Å². The van der Waals surface area contributed by atoms with Gasteiger partial charge >= 0.3 is 0 Å². The predicted molar refractivity (Wildman–Crippen MR) is 79.0 cm³/mol. The number of anilines is 1. The highest BCUT2D eigenvalue weighted by Gasteiger charge is 2.44. The highest BCUT2D eigenvalue weighted by atomic mass is 16.2. The average molecular weight is 289 g/mol. The molecule has 0 spiro atoms. The first-order valence-electron chi connectivity index (χ1n) is 6.72. The fourth-order valence-electron chi connectivity index (χ4n) is 2.31. The summed E-state index contributed by atoms with van der Waals surface area (Å²) in [5.74, 6) is -1.27. The Bertz CT molecular complexity index is 623. The van der Waals surface area contributed by atoms with Gasteiger partial charge < -0.3 is 10.2 Å². The van der Waals surface area contributed by atoms with Gasteiger partial charge in [-0.25, -0.2) is 0 Å². The molecular weight excluding hydrogens is 270 g/mol. The maximum atomic E-state index is 12.8. The van der Waals surface area contributed by atoms with Gasteiger partial charge in [-0.2, -0.15) is 0 Å². The summed E-state index contributed by atoms with van der Waals surface area (Å²) in [6.07, 6.45) is 0. The minimum absolute atomic E-state index is 0.130. The van der Waals surface area contributed by atoms with Crippen molar-refractivity contribution in [1.29, 1.82) is 0 Å². The fourth-order valence-corrected chi connectivity index (χ4v) is 2.31. The molecule has 1 aliphatic rings. The van der Waals surface area contributed by atoms with Gasteiger partial charge in [0, 0.05) is 12.7 Å². The second-order valence-corrected chi connectivity index (χ2v) is 5.63. The van der Waals surface area contributed by atoms with E-state index in [0.717, 1.165) is 5.56 Å². The van der Waals surface area contributed by atoms with Crippen LogP contribution >= 0.6 is 0 Å². The molecule has 0 aromatic heterocycles. The Kier molecular flexibility index (Phi) is 3.72. The standard InChI is InChI=1S/C15H19N3O3/c1-9-5-6-11(16-4)10(7-9)13(20)18-8-12(19)17-14(21)15(18,2)3/h5-7,16H,8H2,1-4H3,(H,17,19,21). The Morgan fingerprint density at radius 3 is 2.62 bits per heavy atom. The highest BCUT2D eigenvalue weighted by molar-refractivity contribution is 6.10. The average Bonchev–Trinajstić information content (AvgIpc) is 2.42. The molecule has 0 aliphatic carbocycles. The van der Waals surface area contributed by atoms with Crippen LogP contribution in [-0.4, -0.2) is 41.8 Å². The first kappa shape index (κ1) is 15.0. The molecule has 6 nitrogen and oxygen atoms in total. The zero-order valence-corrected chi connectivity index (χ0v) is 12.6. The number of imide groups is 1. The van der Waals surface area contributed by atoms with Crippen molar-refractivity contribution in [3.63, 3.8) is 0 Å². The summed E-state index contributed by atoms with van der Waals surface area (Å²) in [7, 11) is 1.72. The summed E-state index contributed by atoms with van der Waals surface area (Å²) in [4.78, 5) is 37.6. The van der Waals surface area contributed by atoms with Crippen LogP contribution in [0.1, 0.15) is 29.8 Å². The van der Waals surface area contributed by atoms with Crippen LogP contribution in [0.3, 0.4) is 0 Å². The molecule has 2 rings (SSSR count).